The van der Waals surface area contributed by atoms with Crippen molar-refractivity contribution in [1.29, 1.82) is 0 Å². The largest absolute Gasteiger partial charge is 0.383 e. The lowest BCUT2D eigenvalue weighted by molar-refractivity contribution is -0.0318. The number of ether oxygens (including phenoxy) is 3. The molecule has 1 rings (SSSR count). The van der Waals surface area contributed by atoms with Gasteiger partial charge in [-0.15, -0.1) is 0 Å². The van der Waals surface area contributed by atoms with Crippen LogP contribution in [0.3, 0.4) is 0 Å². The molecule has 106 valence electrons. The zero-order valence-corrected chi connectivity index (χ0v) is 11.2. The zero-order chi connectivity index (χ0) is 13.1. The van der Waals surface area contributed by atoms with Crippen LogP contribution in [0.1, 0.15) is 19.3 Å². The molecule has 0 aromatic carbocycles. The van der Waals surface area contributed by atoms with Gasteiger partial charge in [0, 0.05) is 40.0 Å². The fourth-order valence-electron chi connectivity index (χ4n) is 1.69. The molecule has 1 fully saturated rings. The van der Waals surface area contributed by atoms with Crippen molar-refractivity contribution in [2.24, 2.45) is 10.7 Å². The van der Waals surface area contributed by atoms with Crippen LogP contribution in [0, 0.1) is 0 Å². The van der Waals surface area contributed by atoms with Crippen molar-refractivity contribution >= 4 is 5.96 Å². The van der Waals surface area contributed by atoms with Crippen LogP contribution in [0.5, 0.6) is 0 Å². The van der Waals surface area contributed by atoms with E-state index >= 15 is 0 Å². The molecular formula is C12H25N3O3. The molecule has 0 aromatic rings. The molecule has 6 nitrogen and oxygen atoms in total. The first-order chi connectivity index (χ1) is 8.83. The second kappa shape index (κ2) is 10.1. The van der Waals surface area contributed by atoms with Crippen molar-refractivity contribution in [3.8, 4) is 0 Å². The van der Waals surface area contributed by atoms with Gasteiger partial charge >= 0.3 is 0 Å². The summed E-state index contributed by atoms with van der Waals surface area (Å²) in [6.07, 6.45) is 3.26. The number of nitrogens with two attached hydrogens (primary N) is 1. The average molecular weight is 259 g/mol. The van der Waals surface area contributed by atoms with Crippen molar-refractivity contribution in [2.45, 2.75) is 25.4 Å². The van der Waals surface area contributed by atoms with Crippen LogP contribution in [-0.2, 0) is 14.2 Å². The van der Waals surface area contributed by atoms with Crippen molar-refractivity contribution in [1.82, 2.24) is 5.32 Å². The number of methoxy groups -OCH3 is 1. The summed E-state index contributed by atoms with van der Waals surface area (Å²) in [7, 11) is 1.66. The van der Waals surface area contributed by atoms with Crippen molar-refractivity contribution in [3.63, 3.8) is 0 Å². The summed E-state index contributed by atoms with van der Waals surface area (Å²) in [5.41, 5.74) is 5.67. The maximum absolute atomic E-state index is 5.73. The second-order valence-electron chi connectivity index (χ2n) is 4.22. The summed E-state index contributed by atoms with van der Waals surface area (Å²) >= 11 is 0. The minimum absolute atomic E-state index is 0.361. The van der Waals surface area contributed by atoms with Crippen molar-refractivity contribution in [2.75, 3.05) is 46.6 Å². The Kier molecular flexibility index (Phi) is 8.54. The second-order valence-corrected chi connectivity index (χ2v) is 4.22. The van der Waals surface area contributed by atoms with Gasteiger partial charge in [-0.3, -0.25) is 4.99 Å². The van der Waals surface area contributed by atoms with Crippen LogP contribution in [-0.4, -0.2) is 58.7 Å². The minimum Gasteiger partial charge on any atom is -0.383 e. The fourth-order valence-corrected chi connectivity index (χ4v) is 1.69. The lowest BCUT2D eigenvalue weighted by atomic mass is 10.1. The molecule has 0 aliphatic carbocycles. The highest BCUT2D eigenvalue weighted by Gasteiger charge is 2.13. The van der Waals surface area contributed by atoms with E-state index in [1.807, 2.05) is 0 Å². The molecule has 6 heteroatoms. The molecule has 0 aromatic heterocycles. The Hall–Kier alpha value is -0.850. The molecule has 0 saturated carbocycles. The molecule has 18 heavy (non-hydrogen) atoms. The van der Waals surface area contributed by atoms with Gasteiger partial charge in [0.05, 0.1) is 12.7 Å². The van der Waals surface area contributed by atoms with Gasteiger partial charge < -0.3 is 25.3 Å². The third kappa shape index (κ3) is 7.47. The molecule has 3 N–H and O–H groups in total. The third-order valence-electron chi connectivity index (χ3n) is 2.72. The summed E-state index contributed by atoms with van der Waals surface area (Å²) in [5.74, 6) is 0.470. The van der Waals surface area contributed by atoms with E-state index in [1.165, 1.54) is 0 Å². The Bertz CT molecular complexity index is 231. The van der Waals surface area contributed by atoms with Gasteiger partial charge in [-0.05, 0) is 19.3 Å². The van der Waals surface area contributed by atoms with E-state index < -0.39 is 0 Å². The molecular weight excluding hydrogens is 234 g/mol. The molecule has 0 bridgehead atoms. The first kappa shape index (κ1) is 15.2. The summed E-state index contributed by atoms with van der Waals surface area (Å²) < 4.78 is 15.9. The summed E-state index contributed by atoms with van der Waals surface area (Å²) in [4.78, 5) is 4.20. The lowest BCUT2D eigenvalue weighted by Crippen LogP contribution is -2.34. The quantitative estimate of drug-likeness (QED) is 0.368. The van der Waals surface area contributed by atoms with Crippen LogP contribution >= 0.6 is 0 Å². The summed E-state index contributed by atoms with van der Waals surface area (Å²) in [6.45, 7) is 4.38. The Morgan fingerprint density at radius 1 is 1.39 bits per heavy atom. The van der Waals surface area contributed by atoms with E-state index in [1.54, 1.807) is 7.11 Å². The van der Waals surface area contributed by atoms with Crippen LogP contribution in [0.2, 0.25) is 0 Å². The van der Waals surface area contributed by atoms with E-state index in [2.05, 4.69) is 10.3 Å². The molecule has 0 amide bonds. The van der Waals surface area contributed by atoms with Gasteiger partial charge in [-0.2, -0.15) is 0 Å². The SMILES string of the molecule is COCCNC(N)=NCCCOC1CCOCC1. The molecule has 0 spiro atoms. The van der Waals surface area contributed by atoms with Gasteiger partial charge in [0.1, 0.15) is 0 Å². The van der Waals surface area contributed by atoms with E-state index in [0.717, 1.165) is 39.1 Å². The number of guanidine groups is 1. The molecule has 0 unspecified atom stereocenters. The topological polar surface area (TPSA) is 78.1 Å². The Morgan fingerprint density at radius 2 is 2.17 bits per heavy atom. The Morgan fingerprint density at radius 3 is 2.89 bits per heavy atom. The molecule has 1 heterocycles. The highest BCUT2D eigenvalue weighted by atomic mass is 16.5. The molecule has 0 atom stereocenters. The molecule has 1 saturated heterocycles. The minimum atomic E-state index is 0.361. The highest BCUT2D eigenvalue weighted by molar-refractivity contribution is 5.77. The summed E-state index contributed by atoms with van der Waals surface area (Å²) in [6, 6.07) is 0. The van der Waals surface area contributed by atoms with Crippen LogP contribution in [0.25, 0.3) is 0 Å². The number of nitrogens with one attached hydrogen (secondary N) is 1. The van der Waals surface area contributed by atoms with Crippen molar-refractivity contribution in [3.05, 3.63) is 0 Å². The van der Waals surface area contributed by atoms with Crippen LogP contribution < -0.4 is 11.1 Å². The first-order valence-corrected chi connectivity index (χ1v) is 6.55. The van der Waals surface area contributed by atoms with Gasteiger partial charge in [0.15, 0.2) is 5.96 Å². The Balaban J connectivity index is 1.94. The number of rotatable bonds is 8. The number of hydrogen-bond donors (Lipinski definition) is 2. The van der Waals surface area contributed by atoms with Gasteiger partial charge in [-0.25, -0.2) is 0 Å². The molecule has 1 aliphatic rings. The normalized spacial score (nSPS) is 17.9. The summed E-state index contributed by atoms with van der Waals surface area (Å²) in [5, 5.41) is 2.97. The molecule has 1 aliphatic heterocycles. The Labute approximate surface area is 109 Å². The van der Waals surface area contributed by atoms with E-state index in [-0.39, 0.29) is 0 Å². The standard InChI is InChI=1S/C12H25N3O3/c1-16-10-6-15-12(13)14-5-2-7-18-11-3-8-17-9-4-11/h11H,2-10H2,1H3,(H3,13,14,15). The van der Waals surface area contributed by atoms with E-state index in [4.69, 9.17) is 19.9 Å². The van der Waals surface area contributed by atoms with Gasteiger partial charge in [0.2, 0.25) is 0 Å². The fraction of sp³-hybridized carbons (Fsp3) is 0.917. The van der Waals surface area contributed by atoms with Gasteiger partial charge in [-0.1, -0.05) is 0 Å². The predicted octanol–water partition coefficient (Wildman–Crippen LogP) is 0.123. The number of hydrogen-bond acceptors (Lipinski definition) is 4. The van der Waals surface area contributed by atoms with E-state index in [9.17, 15) is 0 Å². The number of aliphatic imine (C=N–C) groups is 1. The van der Waals surface area contributed by atoms with Gasteiger partial charge in [0.25, 0.3) is 0 Å². The molecule has 0 radical (unpaired) electrons. The maximum Gasteiger partial charge on any atom is 0.188 e. The predicted molar refractivity (Wildman–Crippen MR) is 70.8 cm³/mol. The van der Waals surface area contributed by atoms with E-state index in [0.29, 0.717) is 31.8 Å². The maximum atomic E-state index is 5.73. The average Bonchev–Trinajstić information content (AvgIpc) is 2.40. The highest BCUT2D eigenvalue weighted by Crippen LogP contribution is 2.10. The monoisotopic (exact) mass is 259 g/mol. The zero-order valence-electron chi connectivity index (χ0n) is 11.2. The smallest absolute Gasteiger partial charge is 0.188 e. The lowest BCUT2D eigenvalue weighted by Gasteiger charge is -2.22. The number of nitrogens with zero attached hydrogens (tertiary/aromatic N) is 1. The van der Waals surface area contributed by atoms with Crippen molar-refractivity contribution < 1.29 is 14.2 Å². The third-order valence-corrected chi connectivity index (χ3v) is 2.72. The van der Waals surface area contributed by atoms with Crippen LogP contribution in [0.4, 0.5) is 0 Å². The van der Waals surface area contributed by atoms with Crippen LogP contribution in [0.15, 0.2) is 4.99 Å². The first-order valence-electron chi connectivity index (χ1n) is 6.55.